The van der Waals surface area contributed by atoms with Gasteiger partial charge in [-0.2, -0.15) is 0 Å². The number of hydrogen-bond acceptors (Lipinski definition) is 4. The predicted molar refractivity (Wildman–Crippen MR) is 127 cm³/mol. The minimum absolute atomic E-state index is 0.127. The summed E-state index contributed by atoms with van der Waals surface area (Å²) >= 11 is 0. The number of nitrogens with zero attached hydrogens (tertiary/aromatic N) is 2. The first-order chi connectivity index (χ1) is 16.3. The molecule has 0 unspecified atom stereocenters. The van der Waals surface area contributed by atoms with E-state index >= 15 is 0 Å². The van der Waals surface area contributed by atoms with Crippen molar-refractivity contribution in [2.24, 2.45) is 0 Å². The van der Waals surface area contributed by atoms with Gasteiger partial charge in [0.15, 0.2) is 0 Å². The van der Waals surface area contributed by atoms with Gasteiger partial charge in [-0.15, -0.1) is 0 Å². The molecule has 1 heterocycles. The van der Waals surface area contributed by atoms with Crippen molar-refractivity contribution in [2.45, 2.75) is 4.90 Å². The Bertz CT molecular complexity index is 1280. The van der Waals surface area contributed by atoms with Gasteiger partial charge in [0.2, 0.25) is 0 Å². The molecule has 34 heavy (non-hydrogen) atoms. The van der Waals surface area contributed by atoms with Crippen molar-refractivity contribution in [3.05, 3.63) is 90.2 Å². The number of anilines is 2. The fourth-order valence-corrected chi connectivity index (χ4v) is 4.63. The summed E-state index contributed by atoms with van der Waals surface area (Å²) in [6, 6.07) is 19.4. The summed E-state index contributed by atoms with van der Waals surface area (Å²) in [6.07, 6.45) is 0. The highest BCUT2D eigenvalue weighted by Gasteiger charge is 2.25. The molecule has 1 aliphatic rings. The molecule has 0 bridgehead atoms. The van der Waals surface area contributed by atoms with E-state index in [0.29, 0.717) is 37.4 Å². The molecule has 3 amide bonds. The molecule has 1 aliphatic heterocycles. The molecule has 2 N–H and O–H groups in total. The molecule has 1 fully saturated rings. The van der Waals surface area contributed by atoms with Gasteiger partial charge >= 0.3 is 6.03 Å². The number of sulfonamides is 1. The molecule has 3 aromatic rings. The van der Waals surface area contributed by atoms with Crippen LogP contribution in [-0.2, 0) is 10.0 Å². The highest BCUT2D eigenvalue weighted by molar-refractivity contribution is 7.92. The second-order valence-electron chi connectivity index (χ2n) is 7.72. The summed E-state index contributed by atoms with van der Waals surface area (Å²) in [6.45, 7) is 1.32. The highest BCUT2D eigenvalue weighted by Crippen LogP contribution is 2.19. The Labute approximate surface area is 197 Å². The standard InChI is InChI=1S/C24H23FN4O4S/c25-19-9-11-20(12-10-19)26-24(31)29-15-13-28(14-16-29)23(30)18-5-4-6-21(17-18)27-34(32,33)22-7-2-1-3-8-22/h1-12,17,27H,13-16H2,(H,26,31). The van der Waals surface area contributed by atoms with E-state index in [1.165, 1.54) is 42.5 Å². The van der Waals surface area contributed by atoms with E-state index in [1.54, 1.807) is 46.2 Å². The molecule has 176 valence electrons. The Kier molecular flexibility index (Phi) is 6.78. The number of amides is 3. The van der Waals surface area contributed by atoms with Crippen LogP contribution in [0, 0.1) is 5.82 Å². The van der Waals surface area contributed by atoms with Crippen molar-refractivity contribution < 1.29 is 22.4 Å². The number of benzene rings is 3. The molecule has 0 aliphatic carbocycles. The van der Waals surface area contributed by atoms with Gasteiger partial charge in [-0.25, -0.2) is 17.6 Å². The SMILES string of the molecule is O=C(Nc1ccc(F)cc1)N1CCN(C(=O)c2cccc(NS(=O)(=O)c3ccccc3)c2)CC1. The lowest BCUT2D eigenvalue weighted by Gasteiger charge is -2.34. The largest absolute Gasteiger partial charge is 0.335 e. The third kappa shape index (κ3) is 5.52. The number of carbonyl (C=O) groups excluding carboxylic acids is 2. The Morgan fingerprint density at radius 1 is 0.765 bits per heavy atom. The van der Waals surface area contributed by atoms with Crippen molar-refractivity contribution in [3.8, 4) is 0 Å². The number of nitrogens with one attached hydrogen (secondary N) is 2. The zero-order chi connectivity index (χ0) is 24.1. The van der Waals surface area contributed by atoms with Crippen LogP contribution in [0.4, 0.5) is 20.6 Å². The van der Waals surface area contributed by atoms with E-state index in [1.807, 2.05) is 0 Å². The number of urea groups is 1. The third-order valence-corrected chi connectivity index (χ3v) is 6.76. The Morgan fingerprint density at radius 2 is 1.41 bits per heavy atom. The fraction of sp³-hybridized carbons (Fsp3) is 0.167. The van der Waals surface area contributed by atoms with E-state index in [2.05, 4.69) is 10.0 Å². The topological polar surface area (TPSA) is 98.8 Å². The normalized spacial score (nSPS) is 13.9. The summed E-state index contributed by atoms with van der Waals surface area (Å²) in [5.74, 6) is -0.638. The summed E-state index contributed by atoms with van der Waals surface area (Å²) in [5.41, 5.74) is 1.11. The van der Waals surface area contributed by atoms with E-state index in [4.69, 9.17) is 0 Å². The number of hydrogen-bond donors (Lipinski definition) is 2. The van der Waals surface area contributed by atoms with Crippen LogP contribution in [-0.4, -0.2) is 56.3 Å². The quantitative estimate of drug-likeness (QED) is 0.580. The number of halogens is 1. The zero-order valence-electron chi connectivity index (χ0n) is 18.1. The maximum atomic E-state index is 13.0. The zero-order valence-corrected chi connectivity index (χ0v) is 19.0. The van der Waals surface area contributed by atoms with Gasteiger partial charge in [0, 0.05) is 43.1 Å². The van der Waals surface area contributed by atoms with Crippen LogP contribution in [0.1, 0.15) is 10.4 Å². The van der Waals surface area contributed by atoms with Gasteiger partial charge in [-0.3, -0.25) is 9.52 Å². The summed E-state index contributed by atoms with van der Waals surface area (Å²) < 4.78 is 40.7. The van der Waals surface area contributed by atoms with Crippen molar-refractivity contribution in [3.63, 3.8) is 0 Å². The number of rotatable bonds is 5. The molecule has 1 saturated heterocycles. The first kappa shape index (κ1) is 23.2. The van der Waals surface area contributed by atoms with E-state index in [0.717, 1.165) is 0 Å². The Morgan fingerprint density at radius 3 is 2.09 bits per heavy atom. The first-order valence-corrected chi connectivity index (χ1v) is 12.1. The molecule has 0 spiro atoms. The summed E-state index contributed by atoms with van der Waals surface area (Å²) in [7, 11) is -3.77. The van der Waals surface area contributed by atoms with Crippen LogP contribution < -0.4 is 10.0 Å². The molecular weight excluding hydrogens is 459 g/mol. The molecule has 0 radical (unpaired) electrons. The lowest BCUT2D eigenvalue weighted by molar-refractivity contribution is 0.0671. The van der Waals surface area contributed by atoms with Crippen molar-refractivity contribution >= 4 is 33.3 Å². The van der Waals surface area contributed by atoms with Gasteiger partial charge in [-0.1, -0.05) is 24.3 Å². The maximum Gasteiger partial charge on any atom is 0.321 e. The molecular formula is C24H23FN4O4S. The van der Waals surface area contributed by atoms with Gasteiger partial charge < -0.3 is 15.1 Å². The molecule has 0 saturated carbocycles. The van der Waals surface area contributed by atoms with Gasteiger partial charge in [0.05, 0.1) is 4.90 Å². The summed E-state index contributed by atoms with van der Waals surface area (Å²) in [4.78, 5) is 28.8. The lowest BCUT2D eigenvalue weighted by Crippen LogP contribution is -2.51. The second-order valence-corrected chi connectivity index (χ2v) is 9.40. The monoisotopic (exact) mass is 482 g/mol. The first-order valence-electron chi connectivity index (χ1n) is 10.6. The van der Waals surface area contributed by atoms with Crippen molar-refractivity contribution in [2.75, 3.05) is 36.2 Å². The molecule has 8 nitrogen and oxygen atoms in total. The second kappa shape index (κ2) is 9.92. The van der Waals surface area contributed by atoms with Gasteiger partial charge in [0.25, 0.3) is 15.9 Å². The van der Waals surface area contributed by atoms with Crippen molar-refractivity contribution in [1.82, 2.24) is 9.80 Å². The third-order valence-electron chi connectivity index (χ3n) is 5.36. The molecule has 0 atom stereocenters. The minimum Gasteiger partial charge on any atom is -0.335 e. The van der Waals surface area contributed by atoms with E-state index < -0.39 is 10.0 Å². The Hall–Kier alpha value is -3.92. The van der Waals surface area contributed by atoms with Crippen LogP contribution in [0.5, 0.6) is 0 Å². The van der Waals surface area contributed by atoms with Crippen LogP contribution in [0.3, 0.4) is 0 Å². The van der Waals surface area contributed by atoms with Crippen LogP contribution in [0.25, 0.3) is 0 Å². The van der Waals surface area contributed by atoms with E-state index in [-0.39, 0.29) is 28.3 Å². The van der Waals surface area contributed by atoms with Gasteiger partial charge in [0.1, 0.15) is 5.82 Å². The highest BCUT2D eigenvalue weighted by atomic mass is 32.2. The average molecular weight is 483 g/mol. The van der Waals surface area contributed by atoms with Crippen molar-refractivity contribution in [1.29, 1.82) is 0 Å². The van der Waals surface area contributed by atoms with Crippen LogP contribution in [0.2, 0.25) is 0 Å². The summed E-state index contributed by atoms with van der Waals surface area (Å²) in [5, 5.41) is 2.71. The van der Waals surface area contributed by atoms with E-state index in [9.17, 15) is 22.4 Å². The number of carbonyl (C=O) groups is 2. The predicted octanol–water partition coefficient (Wildman–Crippen LogP) is 3.62. The molecule has 3 aromatic carbocycles. The fourth-order valence-electron chi connectivity index (χ4n) is 3.56. The molecule has 4 rings (SSSR count). The van der Waals surface area contributed by atoms with Crippen LogP contribution >= 0.6 is 0 Å². The average Bonchev–Trinajstić information content (AvgIpc) is 2.85. The molecule has 0 aromatic heterocycles. The minimum atomic E-state index is -3.77. The van der Waals surface area contributed by atoms with Gasteiger partial charge in [-0.05, 0) is 54.6 Å². The van der Waals surface area contributed by atoms with Crippen LogP contribution in [0.15, 0.2) is 83.8 Å². The smallest absolute Gasteiger partial charge is 0.321 e. The number of piperazine rings is 1. The molecule has 10 heteroatoms. The maximum absolute atomic E-state index is 13.0. The Balaban J connectivity index is 1.36. The lowest BCUT2D eigenvalue weighted by atomic mass is 10.1.